The highest BCUT2D eigenvalue weighted by atomic mass is 15.3. The van der Waals surface area contributed by atoms with E-state index in [-0.39, 0.29) is 17.0 Å². The van der Waals surface area contributed by atoms with E-state index in [1.807, 2.05) is 6.19 Å². The highest BCUT2D eigenvalue weighted by Gasteiger charge is 2.42. The molecule has 1 aliphatic carbocycles. The number of hydrogen-bond acceptors (Lipinski definition) is 3. The van der Waals surface area contributed by atoms with Gasteiger partial charge < -0.3 is 10.2 Å². The smallest absolute Gasteiger partial charge is 0.204 e. The third-order valence-corrected chi connectivity index (χ3v) is 4.96. The lowest BCUT2D eigenvalue weighted by Gasteiger charge is -2.52. The zero-order valence-electron chi connectivity index (χ0n) is 14.5. The van der Waals surface area contributed by atoms with E-state index in [1.54, 1.807) is 0 Å². The molecule has 0 aromatic carbocycles. The molecule has 5 heteroatoms. The Morgan fingerprint density at radius 3 is 2.14 bits per heavy atom. The van der Waals surface area contributed by atoms with Gasteiger partial charge in [-0.05, 0) is 53.4 Å². The van der Waals surface area contributed by atoms with Crippen molar-refractivity contribution in [3.8, 4) is 6.19 Å². The zero-order chi connectivity index (χ0) is 16.4. The summed E-state index contributed by atoms with van der Waals surface area (Å²) in [6.07, 6.45) is 9.99. The van der Waals surface area contributed by atoms with E-state index in [2.05, 4.69) is 43.2 Å². The summed E-state index contributed by atoms with van der Waals surface area (Å²) < 4.78 is 0. The lowest BCUT2D eigenvalue weighted by Crippen LogP contribution is -2.65. The molecule has 1 saturated heterocycles. The fraction of sp³-hybridized carbons (Fsp3) is 0.882. The summed E-state index contributed by atoms with van der Waals surface area (Å²) in [4.78, 5) is 2.22. The molecule has 124 valence electrons. The maximum absolute atomic E-state index is 8.95. The lowest BCUT2D eigenvalue weighted by molar-refractivity contribution is 0.0716. The van der Waals surface area contributed by atoms with E-state index in [0.717, 1.165) is 25.7 Å². The second kappa shape index (κ2) is 6.45. The molecule has 2 rings (SSSR count). The van der Waals surface area contributed by atoms with Gasteiger partial charge in [-0.3, -0.25) is 10.7 Å². The largest absolute Gasteiger partial charge is 0.336 e. The standard InChI is InChI=1S/C17H31N5/c1-16(2)10-14(11-17(3,4)21-16)22(15(19)20-12-18)13-8-6-5-7-9-13/h13-14,21H,5-11H2,1-4H3,(H2,19,20). The molecule has 22 heavy (non-hydrogen) atoms. The topological polar surface area (TPSA) is 74.9 Å². The molecular weight excluding hydrogens is 274 g/mol. The summed E-state index contributed by atoms with van der Waals surface area (Å²) in [5.41, 5.74) is 0.0957. The van der Waals surface area contributed by atoms with E-state index < -0.39 is 0 Å². The first-order valence-corrected chi connectivity index (χ1v) is 8.55. The predicted molar refractivity (Wildman–Crippen MR) is 89.5 cm³/mol. The van der Waals surface area contributed by atoms with Gasteiger partial charge in [0.15, 0.2) is 6.19 Å². The van der Waals surface area contributed by atoms with Crippen LogP contribution in [0.5, 0.6) is 0 Å². The minimum absolute atomic E-state index is 0.0479. The van der Waals surface area contributed by atoms with Crippen LogP contribution in [-0.2, 0) is 0 Å². The first kappa shape index (κ1) is 17.1. The van der Waals surface area contributed by atoms with Crippen LogP contribution in [-0.4, -0.2) is 34.0 Å². The van der Waals surface area contributed by atoms with Crippen molar-refractivity contribution >= 4 is 5.96 Å². The predicted octanol–water partition coefficient (Wildman–Crippen LogP) is 2.94. The van der Waals surface area contributed by atoms with Crippen LogP contribution >= 0.6 is 0 Å². The molecule has 0 bridgehead atoms. The van der Waals surface area contributed by atoms with E-state index >= 15 is 0 Å². The van der Waals surface area contributed by atoms with Crippen molar-refractivity contribution < 1.29 is 0 Å². The third kappa shape index (κ3) is 4.13. The summed E-state index contributed by atoms with van der Waals surface area (Å²) >= 11 is 0. The second-order valence-electron chi connectivity index (χ2n) is 8.24. The maximum atomic E-state index is 8.95. The number of piperidine rings is 1. The van der Waals surface area contributed by atoms with Crippen LogP contribution in [0.1, 0.15) is 72.6 Å². The van der Waals surface area contributed by atoms with E-state index in [9.17, 15) is 0 Å². The molecule has 0 aromatic rings. The highest BCUT2D eigenvalue weighted by molar-refractivity contribution is 5.78. The minimum Gasteiger partial charge on any atom is -0.336 e. The molecular formula is C17H31N5. The molecule has 5 nitrogen and oxygen atoms in total. The minimum atomic E-state index is 0.0479. The maximum Gasteiger partial charge on any atom is 0.204 e. The van der Waals surface area contributed by atoms with Gasteiger partial charge in [0.05, 0.1) is 0 Å². The van der Waals surface area contributed by atoms with Gasteiger partial charge in [-0.15, -0.1) is 0 Å². The van der Waals surface area contributed by atoms with Crippen molar-refractivity contribution in [2.75, 3.05) is 0 Å². The summed E-state index contributed by atoms with van der Waals surface area (Å²) in [7, 11) is 0. The van der Waals surface area contributed by atoms with Crippen LogP contribution < -0.4 is 10.6 Å². The van der Waals surface area contributed by atoms with Crippen LogP contribution in [0.15, 0.2) is 0 Å². The third-order valence-electron chi connectivity index (χ3n) is 4.96. The quantitative estimate of drug-likeness (QED) is 0.317. The monoisotopic (exact) mass is 305 g/mol. The van der Waals surface area contributed by atoms with Gasteiger partial charge in [-0.2, -0.15) is 5.26 Å². The molecule has 2 aliphatic rings. The molecule has 0 aromatic heterocycles. The van der Waals surface area contributed by atoms with Crippen LogP contribution in [0.4, 0.5) is 0 Å². The Hall–Kier alpha value is -1.28. The normalized spacial score (nSPS) is 25.2. The summed E-state index contributed by atoms with van der Waals surface area (Å²) in [5, 5.41) is 23.6. The van der Waals surface area contributed by atoms with Gasteiger partial charge in [0.2, 0.25) is 5.96 Å². The SMILES string of the molecule is CC1(C)CC(N(C(=N)NC#N)C2CCCCC2)CC(C)(C)N1. The second-order valence-corrected chi connectivity index (χ2v) is 8.24. The van der Waals surface area contributed by atoms with Crippen molar-refractivity contribution in [3.05, 3.63) is 0 Å². The van der Waals surface area contributed by atoms with Gasteiger partial charge in [0, 0.05) is 23.2 Å². The van der Waals surface area contributed by atoms with Crippen molar-refractivity contribution in [1.29, 1.82) is 10.7 Å². The average Bonchev–Trinajstić information content (AvgIpc) is 2.36. The number of rotatable bonds is 2. The molecule has 0 spiro atoms. The molecule has 3 N–H and O–H groups in total. The van der Waals surface area contributed by atoms with Gasteiger partial charge in [-0.1, -0.05) is 19.3 Å². The Morgan fingerprint density at radius 1 is 1.09 bits per heavy atom. The molecule has 0 unspecified atom stereocenters. The fourth-order valence-corrected chi connectivity index (χ4v) is 4.61. The Balaban J connectivity index is 2.23. The van der Waals surface area contributed by atoms with Gasteiger partial charge in [0.1, 0.15) is 0 Å². The summed E-state index contributed by atoms with van der Waals surface area (Å²) in [6, 6.07) is 0.708. The van der Waals surface area contributed by atoms with Crippen molar-refractivity contribution in [3.63, 3.8) is 0 Å². The highest BCUT2D eigenvalue weighted by Crippen LogP contribution is 2.35. The number of guanidine groups is 1. The molecule has 1 aliphatic heterocycles. The molecule has 1 heterocycles. The number of hydrogen-bond donors (Lipinski definition) is 3. The molecule has 0 radical (unpaired) electrons. The molecule has 2 fully saturated rings. The Morgan fingerprint density at radius 2 is 1.64 bits per heavy atom. The van der Waals surface area contributed by atoms with E-state index in [0.29, 0.717) is 12.1 Å². The molecule has 1 saturated carbocycles. The molecule has 0 amide bonds. The number of nitriles is 1. The Labute approximate surface area is 135 Å². The van der Waals surface area contributed by atoms with Crippen molar-refractivity contribution in [2.45, 2.75) is 95.8 Å². The Bertz CT molecular complexity index is 426. The van der Waals surface area contributed by atoms with Crippen molar-refractivity contribution in [1.82, 2.24) is 15.5 Å². The van der Waals surface area contributed by atoms with Crippen molar-refractivity contribution in [2.24, 2.45) is 0 Å². The zero-order valence-corrected chi connectivity index (χ0v) is 14.5. The number of nitrogens with one attached hydrogen (secondary N) is 3. The van der Waals surface area contributed by atoms with Crippen LogP contribution in [0.2, 0.25) is 0 Å². The first-order valence-electron chi connectivity index (χ1n) is 8.55. The van der Waals surface area contributed by atoms with E-state index in [4.69, 9.17) is 10.7 Å². The average molecular weight is 305 g/mol. The van der Waals surface area contributed by atoms with Crippen LogP contribution in [0.3, 0.4) is 0 Å². The van der Waals surface area contributed by atoms with Gasteiger partial charge in [0.25, 0.3) is 0 Å². The summed E-state index contributed by atoms with van der Waals surface area (Å²) in [6.45, 7) is 8.95. The van der Waals surface area contributed by atoms with Gasteiger partial charge >= 0.3 is 0 Å². The number of nitrogens with zero attached hydrogens (tertiary/aromatic N) is 2. The van der Waals surface area contributed by atoms with E-state index in [1.165, 1.54) is 19.3 Å². The Kier molecular flexibility index (Phi) is 5.01. The van der Waals surface area contributed by atoms with Crippen LogP contribution in [0, 0.1) is 16.9 Å². The lowest BCUT2D eigenvalue weighted by atomic mass is 9.78. The van der Waals surface area contributed by atoms with Gasteiger partial charge in [-0.25, -0.2) is 0 Å². The fourth-order valence-electron chi connectivity index (χ4n) is 4.61. The summed E-state index contributed by atoms with van der Waals surface area (Å²) in [5.74, 6) is 0.285. The molecule has 0 atom stereocenters. The van der Waals surface area contributed by atoms with Crippen LogP contribution in [0.25, 0.3) is 0 Å². The first-order chi connectivity index (χ1) is 10.2.